The number of hydrogen-bond acceptors (Lipinski definition) is 5. The van der Waals surface area contributed by atoms with Crippen LogP contribution in [0.2, 0.25) is 0 Å². The van der Waals surface area contributed by atoms with Gasteiger partial charge in [0, 0.05) is 35.7 Å². The van der Waals surface area contributed by atoms with E-state index in [0.29, 0.717) is 11.6 Å². The highest BCUT2D eigenvalue weighted by atomic mass is 16.1. The molecule has 0 bridgehead atoms. The summed E-state index contributed by atoms with van der Waals surface area (Å²) in [7, 11) is 0. The molecule has 0 unspecified atom stereocenters. The Balaban J connectivity index is 2.22. The highest BCUT2D eigenvalue weighted by Crippen LogP contribution is 2.23. The zero-order valence-corrected chi connectivity index (χ0v) is 17.5. The quantitative estimate of drug-likeness (QED) is 0.790. The Morgan fingerprint density at radius 1 is 1.07 bits per heavy atom. The number of hydrogen-bond donors (Lipinski definition) is 2. The molecule has 0 radical (unpaired) electrons. The van der Waals surface area contributed by atoms with Crippen molar-refractivity contribution in [2.75, 3.05) is 28.6 Å². The molecule has 1 aromatic heterocycles. The van der Waals surface area contributed by atoms with Gasteiger partial charge in [-0.3, -0.25) is 4.79 Å². The molecule has 0 atom stereocenters. The fourth-order valence-electron chi connectivity index (χ4n) is 2.84. The zero-order chi connectivity index (χ0) is 20.2. The van der Waals surface area contributed by atoms with Gasteiger partial charge in [-0.2, -0.15) is 0 Å². The fourth-order valence-corrected chi connectivity index (χ4v) is 2.84. The summed E-state index contributed by atoms with van der Waals surface area (Å²) in [6.07, 6.45) is 0. The molecule has 1 amide bonds. The van der Waals surface area contributed by atoms with Crippen LogP contribution in [0.15, 0.2) is 24.3 Å². The number of rotatable bonds is 6. The Morgan fingerprint density at radius 3 is 2.30 bits per heavy atom. The molecule has 1 aromatic carbocycles. The normalized spacial score (nSPS) is 11.2. The number of benzene rings is 1. The lowest BCUT2D eigenvalue weighted by Crippen LogP contribution is -2.28. The molecule has 1 heterocycles. The largest absolute Gasteiger partial charge is 0.372 e. The predicted molar refractivity (Wildman–Crippen MR) is 113 cm³/mol. The topological polar surface area (TPSA) is 70.2 Å². The molecule has 0 saturated carbocycles. The average molecular weight is 370 g/mol. The van der Waals surface area contributed by atoms with E-state index in [4.69, 9.17) is 0 Å². The summed E-state index contributed by atoms with van der Waals surface area (Å²) >= 11 is 0. The van der Waals surface area contributed by atoms with Gasteiger partial charge in [0.15, 0.2) is 0 Å². The molecule has 146 valence electrons. The van der Waals surface area contributed by atoms with Crippen molar-refractivity contribution in [2.24, 2.45) is 0 Å². The Labute approximate surface area is 162 Å². The van der Waals surface area contributed by atoms with Crippen molar-refractivity contribution in [1.29, 1.82) is 0 Å². The van der Waals surface area contributed by atoms with Gasteiger partial charge in [0.25, 0.3) is 5.91 Å². The summed E-state index contributed by atoms with van der Waals surface area (Å²) in [5, 5.41) is 6.19. The summed E-state index contributed by atoms with van der Waals surface area (Å²) < 4.78 is 0. The third kappa shape index (κ3) is 5.67. The molecule has 2 aromatic rings. The summed E-state index contributed by atoms with van der Waals surface area (Å²) in [5.74, 6) is 0.220. The van der Waals surface area contributed by atoms with Gasteiger partial charge in [0.05, 0.1) is 0 Å². The molecule has 0 aliphatic heterocycles. The second kappa shape index (κ2) is 8.37. The van der Waals surface area contributed by atoms with Gasteiger partial charge >= 0.3 is 0 Å². The van der Waals surface area contributed by atoms with Crippen molar-refractivity contribution in [3.05, 3.63) is 41.2 Å². The molecule has 6 nitrogen and oxygen atoms in total. The summed E-state index contributed by atoms with van der Waals surface area (Å²) in [5.41, 5.74) is 3.88. The number of anilines is 3. The number of carbonyl (C=O) groups is 1. The van der Waals surface area contributed by atoms with Gasteiger partial charge in [-0.05, 0) is 78.3 Å². The monoisotopic (exact) mass is 369 g/mol. The zero-order valence-electron chi connectivity index (χ0n) is 17.5. The first kappa shape index (κ1) is 20.7. The van der Waals surface area contributed by atoms with E-state index in [2.05, 4.69) is 45.4 Å². The van der Waals surface area contributed by atoms with Gasteiger partial charge < -0.3 is 15.5 Å². The van der Waals surface area contributed by atoms with E-state index in [1.165, 1.54) is 0 Å². The van der Waals surface area contributed by atoms with Crippen molar-refractivity contribution >= 4 is 23.2 Å². The lowest BCUT2D eigenvalue weighted by molar-refractivity contribution is 0.102. The van der Waals surface area contributed by atoms with Crippen molar-refractivity contribution in [1.82, 2.24) is 9.97 Å². The van der Waals surface area contributed by atoms with Crippen molar-refractivity contribution in [2.45, 2.75) is 54.0 Å². The van der Waals surface area contributed by atoms with Crippen LogP contribution in [-0.2, 0) is 0 Å². The van der Waals surface area contributed by atoms with E-state index in [-0.39, 0.29) is 11.4 Å². The van der Waals surface area contributed by atoms with E-state index < -0.39 is 0 Å². The van der Waals surface area contributed by atoms with E-state index in [9.17, 15) is 4.79 Å². The lowest BCUT2D eigenvalue weighted by Gasteiger charge is -2.22. The number of nitrogens with one attached hydrogen (secondary N) is 2. The summed E-state index contributed by atoms with van der Waals surface area (Å²) in [6, 6.07) is 7.78. The van der Waals surface area contributed by atoms with Crippen LogP contribution in [0.3, 0.4) is 0 Å². The van der Waals surface area contributed by atoms with Gasteiger partial charge in [-0.1, -0.05) is 0 Å². The molecular formula is C21H31N5O. The highest BCUT2D eigenvalue weighted by Gasteiger charge is 2.16. The van der Waals surface area contributed by atoms with Crippen LogP contribution in [-0.4, -0.2) is 34.5 Å². The standard InChI is InChI=1S/C21H31N5O/c1-8-26(9-2)16-10-11-17(14(3)12-16)23-19(27)18-13-15(4)22-20(24-18)25-21(5,6)7/h10-13H,8-9H2,1-7H3,(H,23,27)(H,22,24,25). The van der Waals surface area contributed by atoms with Crippen LogP contribution in [0.25, 0.3) is 0 Å². The molecule has 0 saturated heterocycles. The first-order valence-corrected chi connectivity index (χ1v) is 9.43. The van der Waals surface area contributed by atoms with Crippen LogP contribution < -0.4 is 15.5 Å². The number of carbonyl (C=O) groups excluding carboxylic acids is 1. The first-order valence-electron chi connectivity index (χ1n) is 9.43. The Morgan fingerprint density at radius 2 is 1.74 bits per heavy atom. The molecule has 6 heteroatoms. The van der Waals surface area contributed by atoms with Crippen molar-refractivity contribution in [3.63, 3.8) is 0 Å². The van der Waals surface area contributed by atoms with E-state index in [1.54, 1.807) is 6.07 Å². The molecule has 0 aliphatic rings. The molecule has 0 aliphatic carbocycles. The minimum atomic E-state index is -0.240. The Hall–Kier alpha value is -2.63. The lowest BCUT2D eigenvalue weighted by atomic mass is 10.1. The highest BCUT2D eigenvalue weighted by molar-refractivity contribution is 6.03. The minimum absolute atomic E-state index is 0.182. The van der Waals surface area contributed by atoms with Crippen LogP contribution in [0.1, 0.15) is 56.4 Å². The predicted octanol–water partition coefficient (Wildman–Crippen LogP) is 4.40. The van der Waals surface area contributed by atoms with Crippen LogP contribution in [0, 0.1) is 13.8 Å². The Bertz CT molecular complexity index is 807. The van der Waals surface area contributed by atoms with Gasteiger partial charge in [0.1, 0.15) is 5.69 Å². The molecule has 0 spiro atoms. The summed E-state index contributed by atoms with van der Waals surface area (Å²) in [4.78, 5) is 23.7. The molecule has 0 fully saturated rings. The maximum atomic E-state index is 12.7. The Kier molecular flexibility index (Phi) is 6.41. The third-order valence-corrected chi connectivity index (χ3v) is 4.16. The third-order valence-electron chi connectivity index (χ3n) is 4.16. The smallest absolute Gasteiger partial charge is 0.274 e. The molecule has 27 heavy (non-hydrogen) atoms. The maximum absolute atomic E-state index is 12.7. The number of nitrogens with zero attached hydrogens (tertiary/aromatic N) is 3. The van der Waals surface area contributed by atoms with Gasteiger partial charge in [-0.25, -0.2) is 9.97 Å². The minimum Gasteiger partial charge on any atom is -0.372 e. The van der Waals surface area contributed by atoms with Crippen molar-refractivity contribution < 1.29 is 4.79 Å². The first-order chi connectivity index (χ1) is 12.6. The molecular weight excluding hydrogens is 338 g/mol. The van der Waals surface area contributed by atoms with Crippen LogP contribution in [0.5, 0.6) is 0 Å². The molecule has 2 N–H and O–H groups in total. The fraction of sp³-hybridized carbons (Fsp3) is 0.476. The van der Waals surface area contributed by atoms with E-state index in [1.807, 2.05) is 46.8 Å². The van der Waals surface area contributed by atoms with Crippen molar-refractivity contribution in [3.8, 4) is 0 Å². The van der Waals surface area contributed by atoms with Gasteiger partial charge in [0.2, 0.25) is 5.95 Å². The van der Waals surface area contributed by atoms with Crippen LogP contribution in [0.4, 0.5) is 17.3 Å². The second-order valence-corrected chi connectivity index (χ2v) is 7.72. The number of aryl methyl sites for hydroxylation is 2. The maximum Gasteiger partial charge on any atom is 0.274 e. The summed E-state index contributed by atoms with van der Waals surface area (Å²) in [6.45, 7) is 16.1. The SMILES string of the molecule is CCN(CC)c1ccc(NC(=O)c2cc(C)nc(NC(C)(C)C)n2)c(C)c1. The van der Waals surface area contributed by atoms with E-state index >= 15 is 0 Å². The van der Waals surface area contributed by atoms with E-state index in [0.717, 1.165) is 35.7 Å². The van der Waals surface area contributed by atoms with Gasteiger partial charge in [-0.15, -0.1) is 0 Å². The number of amides is 1. The average Bonchev–Trinajstić information content (AvgIpc) is 2.56. The number of aromatic nitrogens is 2. The van der Waals surface area contributed by atoms with Crippen LogP contribution >= 0.6 is 0 Å². The second-order valence-electron chi connectivity index (χ2n) is 7.72. The molecule has 2 rings (SSSR count).